The Hall–Kier alpha value is -0.290. The quantitative estimate of drug-likeness (QED) is 0.781. The molecule has 0 bridgehead atoms. The average Bonchev–Trinajstić information content (AvgIpc) is 2.64. The lowest BCUT2D eigenvalue weighted by molar-refractivity contribution is -0.132. The summed E-state index contributed by atoms with van der Waals surface area (Å²) in [5, 5.41) is 0. The Balaban J connectivity index is 2.56. The molecule has 1 amide bonds. The summed E-state index contributed by atoms with van der Waals surface area (Å²) >= 11 is 6.68. The van der Waals surface area contributed by atoms with Gasteiger partial charge in [0.05, 0.1) is 9.74 Å². The van der Waals surface area contributed by atoms with E-state index in [1.165, 1.54) is 0 Å². The number of nitrogens with zero attached hydrogens (tertiary/aromatic N) is 1. The molecule has 1 fully saturated rings. The molecular weight excluding hydrogens is 240 g/mol. The van der Waals surface area contributed by atoms with E-state index >= 15 is 0 Å². The van der Waals surface area contributed by atoms with Crippen LogP contribution in [0.1, 0.15) is 26.7 Å². The van der Waals surface area contributed by atoms with Crippen LogP contribution in [-0.2, 0) is 4.79 Å². The van der Waals surface area contributed by atoms with Crippen LogP contribution in [0.5, 0.6) is 0 Å². The van der Waals surface area contributed by atoms with Crippen molar-refractivity contribution in [3.05, 3.63) is 0 Å². The van der Waals surface area contributed by atoms with Crippen molar-refractivity contribution in [3.8, 4) is 0 Å². The van der Waals surface area contributed by atoms with Crippen LogP contribution >= 0.6 is 24.0 Å². The van der Waals surface area contributed by atoms with Gasteiger partial charge in [-0.05, 0) is 25.5 Å². The van der Waals surface area contributed by atoms with Crippen molar-refractivity contribution in [2.24, 2.45) is 11.7 Å². The molecule has 1 aliphatic rings. The molecule has 5 heteroatoms. The number of carbonyl (C=O) groups is 1. The van der Waals surface area contributed by atoms with Gasteiger partial charge in [0.25, 0.3) is 0 Å². The molecule has 0 radical (unpaired) electrons. The number of thiocarbonyl (C=S) groups is 1. The Morgan fingerprint density at radius 3 is 2.75 bits per heavy atom. The van der Waals surface area contributed by atoms with E-state index in [0.29, 0.717) is 11.5 Å². The first-order chi connectivity index (χ1) is 7.37. The molecule has 0 spiro atoms. The smallest absolute Gasteiger partial charge is 0.238 e. The summed E-state index contributed by atoms with van der Waals surface area (Å²) in [4.78, 5) is 14.5. The first kappa shape index (κ1) is 13.8. The lowest BCUT2D eigenvalue weighted by Crippen LogP contribution is -2.44. The van der Waals surface area contributed by atoms with E-state index in [9.17, 15) is 4.79 Å². The van der Waals surface area contributed by atoms with Crippen molar-refractivity contribution in [1.82, 2.24) is 4.90 Å². The van der Waals surface area contributed by atoms with Gasteiger partial charge in [-0.1, -0.05) is 19.1 Å². The van der Waals surface area contributed by atoms with Crippen LogP contribution in [0.4, 0.5) is 0 Å². The molecule has 1 rings (SSSR count). The van der Waals surface area contributed by atoms with Crippen LogP contribution in [0, 0.1) is 5.92 Å². The van der Waals surface area contributed by atoms with E-state index in [0.717, 1.165) is 18.6 Å². The van der Waals surface area contributed by atoms with Gasteiger partial charge in [-0.3, -0.25) is 4.79 Å². The fraction of sp³-hybridized carbons (Fsp3) is 0.818. The zero-order chi connectivity index (χ0) is 12.3. The molecule has 0 aromatic heterocycles. The standard InChI is InChI=1S/C11H20N2OS2/c1-8(9(12)15)7-13(3)10(14)11(2)5-4-6-16-11/h8H,4-7H2,1-3H3,(H2,12,15). The Morgan fingerprint density at radius 1 is 1.69 bits per heavy atom. The number of thioether (sulfide) groups is 1. The molecule has 2 N–H and O–H groups in total. The highest BCUT2D eigenvalue weighted by atomic mass is 32.2. The van der Waals surface area contributed by atoms with Crippen molar-refractivity contribution < 1.29 is 4.79 Å². The van der Waals surface area contributed by atoms with E-state index in [2.05, 4.69) is 0 Å². The second kappa shape index (κ2) is 5.36. The summed E-state index contributed by atoms with van der Waals surface area (Å²) in [7, 11) is 1.83. The molecule has 1 saturated heterocycles. The van der Waals surface area contributed by atoms with Gasteiger partial charge in [0.2, 0.25) is 5.91 Å². The fourth-order valence-electron chi connectivity index (χ4n) is 1.94. The van der Waals surface area contributed by atoms with Crippen LogP contribution < -0.4 is 5.73 Å². The lowest BCUT2D eigenvalue weighted by Gasteiger charge is -2.29. The zero-order valence-electron chi connectivity index (χ0n) is 10.2. The van der Waals surface area contributed by atoms with Crippen LogP contribution in [-0.4, -0.2) is 39.9 Å². The van der Waals surface area contributed by atoms with Crippen molar-refractivity contribution in [2.45, 2.75) is 31.4 Å². The second-order valence-electron chi connectivity index (χ2n) is 4.67. The predicted molar refractivity (Wildman–Crippen MR) is 73.7 cm³/mol. The maximum Gasteiger partial charge on any atom is 0.238 e. The van der Waals surface area contributed by atoms with E-state index in [4.69, 9.17) is 18.0 Å². The highest BCUT2D eigenvalue weighted by Gasteiger charge is 2.39. The number of hydrogen-bond donors (Lipinski definition) is 1. The molecule has 0 aromatic rings. The number of rotatable bonds is 4. The van der Waals surface area contributed by atoms with E-state index in [1.54, 1.807) is 16.7 Å². The molecule has 92 valence electrons. The Morgan fingerprint density at radius 2 is 2.31 bits per heavy atom. The van der Waals surface area contributed by atoms with Gasteiger partial charge < -0.3 is 10.6 Å². The summed E-state index contributed by atoms with van der Waals surface area (Å²) in [6.07, 6.45) is 2.11. The summed E-state index contributed by atoms with van der Waals surface area (Å²) in [6.45, 7) is 4.61. The van der Waals surface area contributed by atoms with Gasteiger partial charge in [-0.2, -0.15) is 0 Å². The van der Waals surface area contributed by atoms with Gasteiger partial charge in [-0.25, -0.2) is 0 Å². The molecule has 2 unspecified atom stereocenters. The predicted octanol–water partition coefficient (Wildman–Crippen LogP) is 1.65. The molecule has 0 aliphatic carbocycles. The summed E-state index contributed by atoms with van der Waals surface area (Å²) < 4.78 is -0.231. The molecule has 3 nitrogen and oxygen atoms in total. The number of amides is 1. The van der Waals surface area contributed by atoms with E-state index in [1.807, 2.05) is 20.9 Å². The van der Waals surface area contributed by atoms with Gasteiger partial charge >= 0.3 is 0 Å². The molecule has 2 atom stereocenters. The maximum atomic E-state index is 12.2. The second-order valence-corrected chi connectivity index (χ2v) is 6.74. The summed E-state index contributed by atoms with van der Waals surface area (Å²) in [5.41, 5.74) is 5.56. The molecule has 16 heavy (non-hydrogen) atoms. The minimum absolute atomic E-state index is 0.0824. The molecule has 0 saturated carbocycles. The molecule has 0 aromatic carbocycles. The minimum Gasteiger partial charge on any atom is -0.393 e. The molecular formula is C11H20N2OS2. The monoisotopic (exact) mass is 260 g/mol. The summed E-state index contributed by atoms with van der Waals surface area (Å²) in [5.74, 6) is 1.37. The molecule has 1 heterocycles. The third-order valence-electron chi connectivity index (χ3n) is 3.05. The highest BCUT2D eigenvalue weighted by Crippen LogP contribution is 2.39. The Kier molecular flexibility index (Phi) is 4.62. The van der Waals surface area contributed by atoms with Crippen LogP contribution in [0.2, 0.25) is 0 Å². The first-order valence-electron chi connectivity index (χ1n) is 5.55. The third kappa shape index (κ3) is 3.10. The lowest BCUT2D eigenvalue weighted by atomic mass is 10.0. The van der Waals surface area contributed by atoms with E-state index < -0.39 is 0 Å². The van der Waals surface area contributed by atoms with Crippen LogP contribution in [0.15, 0.2) is 0 Å². The SMILES string of the molecule is CC(CN(C)C(=O)C1(C)CCCS1)C(N)=S. The third-order valence-corrected chi connectivity index (χ3v) is 4.96. The topological polar surface area (TPSA) is 46.3 Å². The number of carbonyl (C=O) groups excluding carboxylic acids is 1. The van der Waals surface area contributed by atoms with Crippen molar-refractivity contribution in [2.75, 3.05) is 19.3 Å². The van der Waals surface area contributed by atoms with Crippen molar-refractivity contribution in [3.63, 3.8) is 0 Å². The first-order valence-corrected chi connectivity index (χ1v) is 6.95. The van der Waals surface area contributed by atoms with Gasteiger partial charge in [0.1, 0.15) is 0 Å². The number of hydrogen-bond acceptors (Lipinski definition) is 3. The minimum atomic E-state index is -0.231. The molecule has 1 aliphatic heterocycles. The number of nitrogens with two attached hydrogens (primary N) is 1. The van der Waals surface area contributed by atoms with Gasteiger partial charge in [-0.15, -0.1) is 11.8 Å². The summed E-state index contributed by atoms with van der Waals surface area (Å²) in [6, 6.07) is 0. The van der Waals surface area contributed by atoms with Gasteiger partial charge in [0.15, 0.2) is 0 Å². The van der Waals surface area contributed by atoms with Crippen LogP contribution in [0.25, 0.3) is 0 Å². The maximum absolute atomic E-state index is 12.2. The van der Waals surface area contributed by atoms with Gasteiger partial charge in [0, 0.05) is 19.5 Å². The van der Waals surface area contributed by atoms with Crippen LogP contribution in [0.3, 0.4) is 0 Å². The largest absolute Gasteiger partial charge is 0.393 e. The Bertz CT molecular complexity index is 288. The van der Waals surface area contributed by atoms with Crippen molar-refractivity contribution >= 4 is 34.9 Å². The van der Waals surface area contributed by atoms with E-state index in [-0.39, 0.29) is 16.6 Å². The fourth-order valence-corrected chi connectivity index (χ4v) is 3.32. The average molecular weight is 260 g/mol. The Labute approximate surface area is 107 Å². The zero-order valence-corrected chi connectivity index (χ0v) is 11.8. The van der Waals surface area contributed by atoms with Crippen molar-refractivity contribution in [1.29, 1.82) is 0 Å². The highest BCUT2D eigenvalue weighted by molar-refractivity contribution is 8.01. The normalized spacial score (nSPS) is 26.4.